The van der Waals surface area contributed by atoms with Crippen molar-refractivity contribution in [2.75, 3.05) is 6.54 Å². The number of hydrogen-bond donors (Lipinski definition) is 1. The van der Waals surface area contributed by atoms with Crippen LogP contribution in [0.5, 0.6) is 11.5 Å². The predicted octanol–water partition coefficient (Wildman–Crippen LogP) is 3.60. The quantitative estimate of drug-likeness (QED) is 0.887. The van der Waals surface area contributed by atoms with Crippen molar-refractivity contribution in [3.05, 3.63) is 59.2 Å². The smallest absolute Gasteiger partial charge is 0.130 e. The molecule has 0 saturated heterocycles. The zero-order valence-corrected chi connectivity index (χ0v) is 10.9. The number of para-hydroxylation sites is 1. The normalized spacial score (nSPS) is 10.4. The SMILES string of the molecule is Cc1ccccc1Oc1ccc(CCN)cc1C. The van der Waals surface area contributed by atoms with Crippen molar-refractivity contribution in [2.24, 2.45) is 5.73 Å². The summed E-state index contributed by atoms with van der Waals surface area (Å²) < 4.78 is 5.94. The van der Waals surface area contributed by atoms with Crippen molar-refractivity contribution in [1.82, 2.24) is 0 Å². The summed E-state index contributed by atoms with van der Waals surface area (Å²) in [4.78, 5) is 0. The van der Waals surface area contributed by atoms with Gasteiger partial charge < -0.3 is 10.5 Å². The molecular weight excluding hydrogens is 222 g/mol. The van der Waals surface area contributed by atoms with Gasteiger partial charge in [-0.25, -0.2) is 0 Å². The molecule has 0 radical (unpaired) electrons. The Hall–Kier alpha value is -1.80. The van der Waals surface area contributed by atoms with Gasteiger partial charge in [0.1, 0.15) is 11.5 Å². The molecule has 2 nitrogen and oxygen atoms in total. The van der Waals surface area contributed by atoms with Crippen LogP contribution in [0.4, 0.5) is 0 Å². The van der Waals surface area contributed by atoms with Crippen LogP contribution in [0.2, 0.25) is 0 Å². The predicted molar refractivity (Wildman–Crippen MR) is 75.2 cm³/mol. The lowest BCUT2D eigenvalue weighted by atomic mass is 10.1. The van der Waals surface area contributed by atoms with Gasteiger partial charge in [-0.1, -0.05) is 30.3 Å². The Balaban J connectivity index is 2.22. The molecule has 0 aromatic heterocycles. The summed E-state index contributed by atoms with van der Waals surface area (Å²) in [5.74, 6) is 1.82. The number of hydrogen-bond acceptors (Lipinski definition) is 2. The monoisotopic (exact) mass is 241 g/mol. The minimum Gasteiger partial charge on any atom is -0.457 e. The maximum atomic E-state index is 5.94. The molecule has 2 N–H and O–H groups in total. The lowest BCUT2D eigenvalue weighted by molar-refractivity contribution is 0.475. The highest BCUT2D eigenvalue weighted by molar-refractivity contribution is 5.42. The fraction of sp³-hybridized carbons (Fsp3) is 0.250. The van der Waals surface area contributed by atoms with Crippen LogP contribution >= 0.6 is 0 Å². The highest BCUT2D eigenvalue weighted by Gasteiger charge is 2.04. The second-order valence-corrected chi connectivity index (χ2v) is 4.51. The van der Waals surface area contributed by atoms with Crippen molar-refractivity contribution < 1.29 is 4.74 Å². The third-order valence-electron chi connectivity index (χ3n) is 2.99. The van der Waals surface area contributed by atoms with E-state index in [0.717, 1.165) is 29.0 Å². The van der Waals surface area contributed by atoms with E-state index in [2.05, 4.69) is 19.1 Å². The van der Waals surface area contributed by atoms with Crippen LogP contribution in [-0.4, -0.2) is 6.54 Å². The van der Waals surface area contributed by atoms with Gasteiger partial charge in [-0.3, -0.25) is 0 Å². The van der Waals surface area contributed by atoms with Gasteiger partial charge >= 0.3 is 0 Å². The number of rotatable bonds is 4. The van der Waals surface area contributed by atoms with Crippen molar-refractivity contribution in [3.63, 3.8) is 0 Å². The van der Waals surface area contributed by atoms with Crippen molar-refractivity contribution in [3.8, 4) is 11.5 Å². The summed E-state index contributed by atoms with van der Waals surface area (Å²) in [6.45, 7) is 4.79. The molecular formula is C16H19NO. The molecule has 2 aromatic rings. The molecule has 0 aliphatic rings. The first-order valence-corrected chi connectivity index (χ1v) is 6.24. The average Bonchev–Trinajstić information content (AvgIpc) is 2.35. The number of benzene rings is 2. The van der Waals surface area contributed by atoms with Crippen molar-refractivity contribution >= 4 is 0 Å². The number of ether oxygens (including phenoxy) is 1. The fourth-order valence-corrected chi connectivity index (χ4v) is 1.94. The third-order valence-corrected chi connectivity index (χ3v) is 2.99. The van der Waals surface area contributed by atoms with Gasteiger partial charge in [0.15, 0.2) is 0 Å². The Labute approximate surface area is 108 Å². The van der Waals surface area contributed by atoms with E-state index in [1.54, 1.807) is 0 Å². The molecule has 2 aromatic carbocycles. The van der Waals surface area contributed by atoms with Gasteiger partial charge in [-0.15, -0.1) is 0 Å². The van der Waals surface area contributed by atoms with Crippen molar-refractivity contribution in [2.45, 2.75) is 20.3 Å². The Bertz CT molecular complexity index is 534. The van der Waals surface area contributed by atoms with Gasteiger partial charge in [0.25, 0.3) is 0 Å². The van der Waals surface area contributed by atoms with Crippen LogP contribution in [0.25, 0.3) is 0 Å². The Morgan fingerprint density at radius 2 is 1.67 bits per heavy atom. The first kappa shape index (κ1) is 12.7. The van der Waals surface area contributed by atoms with Gasteiger partial charge in [-0.05, 0) is 55.6 Å². The second kappa shape index (κ2) is 5.69. The summed E-state index contributed by atoms with van der Waals surface area (Å²) in [6.07, 6.45) is 0.908. The Morgan fingerprint density at radius 3 is 2.33 bits per heavy atom. The minimum atomic E-state index is 0.678. The molecule has 0 atom stereocenters. The van der Waals surface area contributed by atoms with E-state index in [-0.39, 0.29) is 0 Å². The molecule has 0 bridgehead atoms. The van der Waals surface area contributed by atoms with Crippen LogP contribution < -0.4 is 10.5 Å². The van der Waals surface area contributed by atoms with Crippen LogP contribution in [0.3, 0.4) is 0 Å². The first-order valence-electron chi connectivity index (χ1n) is 6.24. The largest absolute Gasteiger partial charge is 0.457 e. The van der Waals surface area contributed by atoms with Crippen LogP contribution in [0.1, 0.15) is 16.7 Å². The molecule has 0 aliphatic heterocycles. The van der Waals surface area contributed by atoms with E-state index >= 15 is 0 Å². The molecule has 94 valence electrons. The summed E-state index contributed by atoms with van der Waals surface area (Å²) in [5.41, 5.74) is 9.10. The van der Waals surface area contributed by atoms with E-state index in [0.29, 0.717) is 6.54 Å². The molecule has 0 amide bonds. The highest BCUT2D eigenvalue weighted by Crippen LogP contribution is 2.27. The molecule has 2 heteroatoms. The standard InChI is InChI=1S/C16H19NO/c1-12-5-3-4-6-15(12)18-16-8-7-14(9-10-17)11-13(16)2/h3-8,11H,9-10,17H2,1-2H3. The maximum absolute atomic E-state index is 5.94. The summed E-state index contributed by atoms with van der Waals surface area (Å²) in [5, 5.41) is 0. The summed E-state index contributed by atoms with van der Waals surface area (Å²) >= 11 is 0. The first-order chi connectivity index (χ1) is 8.70. The third kappa shape index (κ3) is 2.90. The van der Waals surface area contributed by atoms with Gasteiger partial charge in [0.05, 0.1) is 0 Å². The van der Waals surface area contributed by atoms with E-state index < -0.39 is 0 Å². The zero-order valence-electron chi connectivity index (χ0n) is 10.9. The number of nitrogens with two attached hydrogens (primary N) is 1. The molecule has 0 fully saturated rings. The topological polar surface area (TPSA) is 35.2 Å². The molecule has 0 unspecified atom stereocenters. The molecule has 0 aliphatic carbocycles. The molecule has 2 rings (SSSR count). The maximum Gasteiger partial charge on any atom is 0.130 e. The molecule has 18 heavy (non-hydrogen) atoms. The Kier molecular flexibility index (Phi) is 4.00. The van der Waals surface area contributed by atoms with Crippen molar-refractivity contribution in [1.29, 1.82) is 0 Å². The second-order valence-electron chi connectivity index (χ2n) is 4.51. The number of aryl methyl sites for hydroxylation is 2. The van der Waals surface area contributed by atoms with Gasteiger partial charge in [0.2, 0.25) is 0 Å². The van der Waals surface area contributed by atoms with Crippen LogP contribution in [-0.2, 0) is 6.42 Å². The minimum absolute atomic E-state index is 0.678. The Morgan fingerprint density at radius 1 is 0.944 bits per heavy atom. The van der Waals surface area contributed by atoms with Crippen LogP contribution in [0.15, 0.2) is 42.5 Å². The van der Waals surface area contributed by atoms with Gasteiger partial charge in [-0.2, -0.15) is 0 Å². The van der Waals surface area contributed by atoms with Crippen LogP contribution in [0, 0.1) is 13.8 Å². The lowest BCUT2D eigenvalue weighted by Gasteiger charge is -2.12. The highest BCUT2D eigenvalue weighted by atomic mass is 16.5. The van der Waals surface area contributed by atoms with E-state index in [4.69, 9.17) is 10.5 Å². The molecule has 0 spiro atoms. The van der Waals surface area contributed by atoms with E-state index in [1.165, 1.54) is 5.56 Å². The average molecular weight is 241 g/mol. The van der Waals surface area contributed by atoms with Gasteiger partial charge in [0, 0.05) is 0 Å². The lowest BCUT2D eigenvalue weighted by Crippen LogP contribution is -2.02. The zero-order chi connectivity index (χ0) is 13.0. The summed E-state index contributed by atoms with van der Waals surface area (Å²) in [6, 6.07) is 14.3. The molecule has 0 heterocycles. The van der Waals surface area contributed by atoms with E-state index in [1.807, 2.05) is 37.3 Å². The molecule has 0 saturated carbocycles. The van der Waals surface area contributed by atoms with E-state index in [9.17, 15) is 0 Å². The fourth-order valence-electron chi connectivity index (χ4n) is 1.94. The summed E-state index contributed by atoms with van der Waals surface area (Å²) in [7, 11) is 0.